The number of pyridine rings is 1. The Kier molecular flexibility index (Phi) is 5.78. The van der Waals surface area contributed by atoms with Crippen LogP contribution < -0.4 is 10.5 Å². The van der Waals surface area contributed by atoms with Crippen LogP contribution in [0, 0.1) is 5.92 Å². The molecule has 0 bridgehead atoms. The molecule has 33 heavy (non-hydrogen) atoms. The molecule has 1 aliphatic heterocycles. The van der Waals surface area contributed by atoms with Gasteiger partial charge in [0.15, 0.2) is 0 Å². The second-order valence-corrected chi connectivity index (χ2v) is 8.37. The van der Waals surface area contributed by atoms with Crippen molar-refractivity contribution in [1.82, 2.24) is 14.5 Å². The van der Waals surface area contributed by atoms with Crippen LogP contribution >= 0.6 is 0 Å². The third-order valence-corrected chi connectivity index (χ3v) is 6.45. The highest BCUT2D eigenvalue weighted by atomic mass is 19.1. The average molecular weight is 448 g/mol. The molecule has 1 aliphatic carbocycles. The number of aliphatic hydroxyl groups excluding tert-OH is 1. The number of benzene rings is 1. The molecule has 170 valence electrons. The molecule has 2 atom stereocenters. The number of hydrogen-bond donors (Lipinski definition) is 1. The minimum atomic E-state index is -1.16. The minimum absolute atomic E-state index is 0.250. The van der Waals surface area contributed by atoms with Crippen molar-refractivity contribution in [2.75, 3.05) is 31.2 Å². The van der Waals surface area contributed by atoms with Crippen molar-refractivity contribution in [2.45, 2.75) is 12.5 Å². The van der Waals surface area contributed by atoms with Crippen LogP contribution in [0.4, 0.5) is 10.1 Å². The number of ether oxygens (including phenoxy) is 1. The predicted octanol–water partition coefficient (Wildman–Crippen LogP) is 3.16. The van der Waals surface area contributed by atoms with Crippen LogP contribution in [0.3, 0.4) is 0 Å². The first-order valence-electron chi connectivity index (χ1n) is 11.0. The van der Waals surface area contributed by atoms with Crippen LogP contribution in [0.1, 0.15) is 23.9 Å². The van der Waals surface area contributed by atoms with Crippen molar-refractivity contribution in [1.29, 1.82) is 0 Å². The van der Waals surface area contributed by atoms with E-state index in [1.54, 1.807) is 25.3 Å². The Bertz CT molecular complexity index is 1310. The van der Waals surface area contributed by atoms with Crippen molar-refractivity contribution in [3.63, 3.8) is 0 Å². The van der Waals surface area contributed by atoms with Gasteiger partial charge >= 0.3 is 0 Å². The van der Waals surface area contributed by atoms with Crippen LogP contribution in [0.2, 0.25) is 0 Å². The average Bonchev–Trinajstić information content (AvgIpc) is 2.85. The van der Waals surface area contributed by atoms with Gasteiger partial charge in [-0.15, -0.1) is 0 Å². The van der Waals surface area contributed by atoms with E-state index in [9.17, 15) is 14.3 Å². The number of hydrogen-bond acceptors (Lipinski definition) is 6. The van der Waals surface area contributed by atoms with E-state index in [1.165, 1.54) is 23.0 Å². The van der Waals surface area contributed by atoms with E-state index in [4.69, 9.17) is 4.74 Å². The van der Waals surface area contributed by atoms with Crippen molar-refractivity contribution >= 4 is 22.2 Å². The Morgan fingerprint density at radius 2 is 1.97 bits per heavy atom. The van der Waals surface area contributed by atoms with Gasteiger partial charge < -0.3 is 19.3 Å². The Hall–Kier alpha value is -3.36. The molecule has 7 nitrogen and oxygen atoms in total. The zero-order valence-electron chi connectivity index (χ0n) is 18.3. The van der Waals surface area contributed by atoms with Gasteiger partial charge in [-0.05, 0) is 42.3 Å². The summed E-state index contributed by atoms with van der Waals surface area (Å²) in [5.74, 6) is -1.23. The van der Waals surface area contributed by atoms with Crippen LogP contribution in [0.5, 0.6) is 0 Å². The lowest BCUT2D eigenvalue weighted by Crippen LogP contribution is -2.36. The third-order valence-electron chi connectivity index (χ3n) is 6.45. The Balaban J connectivity index is 1.47. The number of aliphatic hydroxyl groups is 1. The van der Waals surface area contributed by atoms with Gasteiger partial charge in [-0.1, -0.05) is 12.1 Å². The van der Waals surface area contributed by atoms with Crippen LogP contribution in [-0.4, -0.2) is 45.9 Å². The third kappa shape index (κ3) is 4.07. The summed E-state index contributed by atoms with van der Waals surface area (Å²) in [6.45, 7) is 3.07. The molecule has 0 saturated carbocycles. The fourth-order valence-corrected chi connectivity index (χ4v) is 4.55. The molecule has 1 saturated heterocycles. The lowest BCUT2D eigenvalue weighted by Gasteiger charge is -2.29. The molecule has 8 heteroatoms. The predicted molar refractivity (Wildman–Crippen MR) is 124 cm³/mol. The van der Waals surface area contributed by atoms with E-state index in [0.29, 0.717) is 18.9 Å². The number of nitrogens with zero attached hydrogens (tertiary/aromatic N) is 4. The Morgan fingerprint density at radius 3 is 2.79 bits per heavy atom. The summed E-state index contributed by atoms with van der Waals surface area (Å²) in [6.07, 6.45) is 3.70. The largest absolute Gasteiger partial charge is 0.386 e. The molecule has 2 unspecified atom stereocenters. The Morgan fingerprint density at radius 1 is 1.15 bits per heavy atom. The SMILES string of the molecule is Cn1c(C(O)C2CC(c3ncnc4cc(N5CCOCC5)ccc34)=CC=C2F)cccc1=O. The molecule has 0 amide bonds. The molecule has 1 aromatic carbocycles. The highest BCUT2D eigenvalue weighted by Gasteiger charge is 2.31. The number of anilines is 1. The number of halogens is 1. The van der Waals surface area contributed by atoms with Gasteiger partial charge in [-0.3, -0.25) is 4.79 Å². The summed E-state index contributed by atoms with van der Waals surface area (Å²) < 4.78 is 21.6. The lowest BCUT2D eigenvalue weighted by atomic mass is 9.85. The molecule has 3 aromatic rings. The first-order chi connectivity index (χ1) is 16.0. The number of allylic oxidation sites excluding steroid dienone is 3. The highest BCUT2D eigenvalue weighted by Crippen LogP contribution is 2.40. The monoisotopic (exact) mass is 448 g/mol. The van der Waals surface area contributed by atoms with Crippen LogP contribution in [-0.2, 0) is 11.8 Å². The maximum absolute atomic E-state index is 14.8. The van der Waals surface area contributed by atoms with E-state index >= 15 is 0 Å². The molecule has 5 rings (SSSR count). The summed E-state index contributed by atoms with van der Waals surface area (Å²) in [5.41, 5.74) is 3.55. The number of rotatable bonds is 4. The van der Waals surface area contributed by atoms with E-state index in [2.05, 4.69) is 14.9 Å². The molecule has 3 heterocycles. The molecular formula is C25H25FN4O3. The zero-order chi connectivity index (χ0) is 22.9. The summed E-state index contributed by atoms with van der Waals surface area (Å²) in [6, 6.07) is 10.7. The summed E-state index contributed by atoms with van der Waals surface area (Å²) in [5, 5.41) is 11.8. The quantitative estimate of drug-likeness (QED) is 0.661. The number of morpholine rings is 1. The second-order valence-electron chi connectivity index (χ2n) is 8.37. The van der Waals surface area contributed by atoms with Crippen LogP contribution in [0.25, 0.3) is 16.5 Å². The zero-order valence-corrected chi connectivity index (χ0v) is 18.3. The number of aromatic nitrogens is 3. The summed E-state index contributed by atoms with van der Waals surface area (Å²) in [7, 11) is 1.58. The van der Waals surface area contributed by atoms with E-state index in [0.717, 1.165) is 40.9 Å². The maximum Gasteiger partial charge on any atom is 0.250 e. The summed E-state index contributed by atoms with van der Waals surface area (Å²) in [4.78, 5) is 23.2. The van der Waals surface area contributed by atoms with Crippen molar-refractivity contribution in [3.05, 3.63) is 82.4 Å². The minimum Gasteiger partial charge on any atom is -0.386 e. The maximum atomic E-state index is 14.8. The van der Waals surface area contributed by atoms with E-state index < -0.39 is 17.8 Å². The normalized spacial score (nSPS) is 19.8. The van der Waals surface area contributed by atoms with Crippen molar-refractivity contribution in [3.8, 4) is 0 Å². The topological polar surface area (TPSA) is 80.5 Å². The van der Waals surface area contributed by atoms with Gasteiger partial charge in [0, 0.05) is 43.2 Å². The molecular weight excluding hydrogens is 423 g/mol. The van der Waals surface area contributed by atoms with Gasteiger partial charge in [-0.25, -0.2) is 14.4 Å². The Labute approximate surface area is 190 Å². The van der Waals surface area contributed by atoms with Crippen LogP contribution in [0.15, 0.2) is 65.5 Å². The van der Waals surface area contributed by atoms with Crippen molar-refractivity contribution in [2.24, 2.45) is 13.0 Å². The lowest BCUT2D eigenvalue weighted by molar-refractivity contribution is 0.107. The number of fused-ring (bicyclic) bond motifs is 1. The fourth-order valence-electron chi connectivity index (χ4n) is 4.55. The first-order valence-corrected chi connectivity index (χ1v) is 11.0. The summed E-state index contributed by atoms with van der Waals surface area (Å²) >= 11 is 0. The standard InChI is InChI=1S/C25H25FN4O3/c1-29-22(3-2-4-23(29)31)25(32)19-13-16(5-8-20(19)26)24-18-7-6-17(14-21(18)27-15-28-24)30-9-11-33-12-10-30/h2-8,14-15,19,25,32H,9-13H2,1H3. The van der Waals surface area contributed by atoms with Gasteiger partial charge in [0.05, 0.1) is 30.1 Å². The smallest absolute Gasteiger partial charge is 0.250 e. The van der Waals surface area contributed by atoms with Gasteiger partial charge in [0.25, 0.3) is 5.56 Å². The molecule has 0 spiro atoms. The van der Waals surface area contributed by atoms with Gasteiger partial charge in [-0.2, -0.15) is 0 Å². The van der Waals surface area contributed by atoms with E-state index in [1.807, 2.05) is 18.2 Å². The molecule has 0 radical (unpaired) electrons. The first kappa shape index (κ1) is 21.5. The highest BCUT2D eigenvalue weighted by molar-refractivity contribution is 5.92. The van der Waals surface area contributed by atoms with Crippen molar-refractivity contribution < 1.29 is 14.2 Å². The molecule has 2 aromatic heterocycles. The van der Waals surface area contributed by atoms with Gasteiger partial charge in [0.2, 0.25) is 0 Å². The molecule has 2 aliphatic rings. The van der Waals surface area contributed by atoms with E-state index in [-0.39, 0.29) is 12.0 Å². The molecule has 1 fully saturated rings. The van der Waals surface area contributed by atoms with Gasteiger partial charge in [0.1, 0.15) is 18.3 Å². The molecule has 1 N–H and O–H groups in total. The second kappa shape index (κ2) is 8.88. The fraction of sp³-hybridized carbons (Fsp3) is 0.320.